The van der Waals surface area contributed by atoms with Crippen molar-refractivity contribution in [3.63, 3.8) is 0 Å². The van der Waals surface area contributed by atoms with Gasteiger partial charge in [0.25, 0.3) is 0 Å². The summed E-state index contributed by atoms with van der Waals surface area (Å²) in [6, 6.07) is 0. The van der Waals surface area contributed by atoms with Gasteiger partial charge in [-0.1, -0.05) is 6.08 Å². The first kappa shape index (κ1) is 11.6. The Labute approximate surface area is 73.5 Å². The maximum absolute atomic E-state index is 11.1. The Bertz CT molecular complexity index is 247. The first-order chi connectivity index (χ1) is 5.37. The minimum absolute atomic E-state index is 0.0812. The molecule has 0 aromatic rings. The molecule has 12 heavy (non-hydrogen) atoms. The van der Waals surface area contributed by atoms with Crippen LogP contribution >= 0.6 is 0 Å². The molecule has 0 bridgehead atoms. The van der Waals surface area contributed by atoms with Gasteiger partial charge in [-0.15, -0.1) is 6.58 Å². The third-order valence-electron chi connectivity index (χ3n) is 1.71. The number of rotatable bonds is 5. The van der Waals surface area contributed by atoms with Crippen LogP contribution in [0.5, 0.6) is 0 Å². The van der Waals surface area contributed by atoms with Crippen LogP contribution in [0.4, 0.5) is 0 Å². The van der Waals surface area contributed by atoms with E-state index in [1.165, 1.54) is 20.1 Å². The van der Waals surface area contributed by atoms with Gasteiger partial charge in [-0.25, -0.2) is 13.6 Å². The fraction of sp³-hybridized carbons (Fsp3) is 0.714. The van der Waals surface area contributed by atoms with Crippen LogP contribution in [0.15, 0.2) is 12.7 Å². The Kier molecular flexibility index (Phi) is 3.89. The van der Waals surface area contributed by atoms with Crippen molar-refractivity contribution in [2.24, 2.45) is 5.14 Å². The average Bonchev–Trinajstić information content (AvgIpc) is 1.86. The van der Waals surface area contributed by atoms with E-state index in [1.54, 1.807) is 0 Å². The summed E-state index contributed by atoms with van der Waals surface area (Å²) in [5, 5.41) is 5.03. The van der Waals surface area contributed by atoms with Gasteiger partial charge in [-0.05, 0) is 13.3 Å². The summed E-state index contributed by atoms with van der Waals surface area (Å²) in [4.78, 5) is 0. The van der Waals surface area contributed by atoms with E-state index < -0.39 is 14.8 Å². The highest BCUT2D eigenvalue weighted by atomic mass is 32.2. The van der Waals surface area contributed by atoms with Crippen LogP contribution in [0.25, 0.3) is 0 Å². The summed E-state index contributed by atoms with van der Waals surface area (Å²) in [7, 11) is -2.15. The zero-order valence-corrected chi connectivity index (χ0v) is 8.23. The fourth-order valence-corrected chi connectivity index (χ4v) is 1.50. The third-order valence-corrected chi connectivity index (χ3v) is 3.37. The van der Waals surface area contributed by atoms with Crippen molar-refractivity contribution in [2.45, 2.75) is 18.1 Å². The molecule has 0 unspecified atom stereocenters. The third kappa shape index (κ3) is 2.58. The molecule has 0 aromatic heterocycles. The predicted molar refractivity (Wildman–Crippen MR) is 48.2 cm³/mol. The van der Waals surface area contributed by atoms with Gasteiger partial charge in [-0.2, -0.15) is 0 Å². The largest absolute Gasteiger partial charge is 0.383 e. The highest BCUT2D eigenvalue weighted by molar-refractivity contribution is 7.90. The number of allylic oxidation sites excluding steroid dienone is 1. The molecule has 2 N–H and O–H groups in total. The molecule has 0 aliphatic heterocycles. The minimum Gasteiger partial charge on any atom is -0.383 e. The highest BCUT2D eigenvalue weighted by Gasteiger charge is 2.35. The van der Waals surface area contributed by atoms with E-state index in [9.17, 15) is 8.42 Å². The van der Waals surface area contributed by atoms with E-state index in [2.05, 4.69) is 6.58 Å². The van der Waals surface area contributed by atoms with Gasteiger partial charge in [0, 0.05) is 7.11 Å². The molecule has 0 amide bonds. The Balaban J connectivity index is 4.73. The first-order valence-electron chi connectivity index (χ1n) is 3.49. The highest BCUT2D eigenvalue weighted by Crippen LogP contribution is 2.19. The van der Waals surface area contributed by atoms with Gasteiger partial charge in [0.15, 0.2) is 0 Å². The van der Waals surface area contributed by atoms with Crippen LogP contribution < -0.4 is 5.14 Å². The lowest BCUT2D eigenvalue weighted by atomic mass is 10.1. The van der Waals surface area contributed by atoms with Crippen LogP contribution in [-0.4, -0.2) is 26.9 Å². The summed E-state index contributed by atoms with van der Waals surface area (Å²) in [5.41, 5.74) is 0. The summed E-state index contributed by atoms with van der Waals surface area (Å²) in [5.74, 6) is 0. The quantitative estimate of drug-likeness (QED) is 0.636. The molecule has 0 aromatic carbocycles. The van der Waals surface area contributed by atoms with Crippen molar-refractivity contribution in [2.75, 3.05) is 13.7 Å². The molecule has 0 radical (unpaired) electrons. The number of nitrogens with two attached hydrogens (primary N) is 1. The number of hydrogen-bond acceptors (Lipinski definition) is 3. The van der Waals surface area contributed by atoms with Gasteiger partial charge in [0.05, 0.1) is 6.61 Å². The van der Waals surface area contributed by atoms with Gasteiger partial charge < -0.3 is 4.74 Å². The SMILES string of the molecule is C=CC[C@](C)(COC)S(N)(=O)=O. The van der Waals surface area contributed by atoms with Crippen LogP contribution in [0.2, 0.25) is 0 Å². The lowest BCUT2D eigenvalue weighted by Gasteiger charge is -2.24. The van der Waals surface area contributed by atoms with Crippen molar-refractivity contribution in [1.29, 1.82) is 0 Å². The topological polar surface area (TPSA) is 69.4 Å². The molecule has 0 aliphatic rings. The van der Waals surface area contributed by atoms with Crippen molar-refractivity contribution < 1.29 is 13.2 Å². The maximum atomic E-state index is 11.1. The predicted octanol–water partition coefficient (Wildman–Crippen LogP) is 0.256. The number of hydrogen-bond donors (Lipinski definition) is 1. The molecule has 0 heterocycles. The van der Waals surface area contributed by atoms with Crippen LogP contribution in [-0.2, 0) is 14.8 Å². The Hall–Kier alpha value is -0.390. The van der Waals surface area contributed by atoms with Gasteiger partial charge >= 0.3 is 0 Å². The standard InChI is InChI=1S/C7H15NO3S/c1-4-5-7(2,6-11-3)12(8,9)10/h4H,1,5-6H2,2-3H3,(H2,8,9,10)/t7-/m1/s1. The van der Waals surface area contributed by atoms with Crippen molar-refractivity contribution in [1.82, 2.24) is 0 Å². The summed E-state index contributed by atoms with van der Waals surface area (Å²) >= 11 is 0. The Morgan fingerprint density at radius 2 is 2.17 bits per heavy atom. The normalized spacial score (nSPS) is 16.9. The Morgan fingerprint density at radius 3 is 2.42 bits per heavy atom. The molecule has 0 rings (SSSR count). The van der Waals surface area contributed by atoms with E-state index in [0.29, 0.717) is 6.42 Å². The zero-order chi connectivity index (χ0) is 9.83. The summed E-state index contributed by atoms with van der Waals surface area (Å²) in [6.45, 7) is 5.08. The first-order valence-corrected chi connectivity index (χ1v) is 5.04. The lowest BCUT2D eigenvalue weighted by molar-refractivity contribution is 0.170. The Morgan fingerprint density at radius 1 is 1.67 bits per heavy atom. The fourth-order valence-electron chi connectivity index (χ4n) is 0.868. The van der Waals surface area contributed by atoms with Crippen LogP contribution in [0.3, 0.4) is 0 Å². The molecule has 0 spiro atoms. The van der Waals surface area contributed by atoms with Crippen LogP contribution in [0, 0.1) is 0 Å². The van der Waals surface area contributed by atoms with Crippen molar-refractivity contribution in [3.8, 4) is 0 Å². The second-order valence-electron chi connectivity index (χ2n) is 2.92. The lowest BCUT2D eigenvalue weighted by Crippen LogP contribution is -2.44. The number of ether oxygens (including phenoxy) is 1. The zero-order valence-electron chi connectivity index (χ0n) is 7.41. The average molecular weight is 193 g/mol. The monoisotopic (exact) mass is 193 g/mol. The minimum atomic E-state index is -3.59. The van der Waals surface area contributed by atoms with Gasteiger partial charge in [0.2, 0.25) is 10.0 Å². The number of primary sulfonamides is 1. The molecule has 0 fully saturated rings. The van der Waals surface area contributed by atoms with E-state index in [-0.39, 0.29) is 6.61 Å². The van der Waals surface area contributed by atoms with E-state index in [1.807, 2.05) is 0 Å². The number of sulfonamides is 1. The molecule has 1 atom stereocenters. The van der Waals surface area contributed by atoms with Crippen molar-refractivity contribution in [3.05, 3.63) is 12.7 Å². The molecule has 0 saturated heterocycles. The van der Waals surface area contributed by atoms with Gasteiger partial charge in [-0.3, -0.25) is 0 Å². The number of methoxy groups -OCH3 is 1. The van der Waals surface area contributed by atoms with Crippen LogP contribution in [0.1, 0.15) is 13.3 Å². The summed E-state index contributed by atoms with van der Waals surface area (Å²) < 4.78 is 25.9. The second kappa shape index (κ2) is 4.02. The summed E-state index contributed by atoms with van der Waals surface area (Å²) in [6.07, 6.45) is 1.81. The van der Waals surface area contributed by atoms with E-state index in [4.69, 9.17) is 9.88 Å². The molecular formula is C7H15NO3S. The smallest absolute Gasteiger partial charge is 0.217 e. The van der Waals surface area contributed by atoms with E-state index in [0.717, 1.165) is 0 Å². The molecule has 0 aliphatic carbocycles. The van der Waals surface area contributed by atoms with E-state index >= 15 is 0 Å². The van der Waals surface area contributed by atoms with Gasteiger partial charge in [0.1, 0.15) is 4.75 Å². The molecule has 5 heteroatoms. The second-order valence-corrected chi connectivity index (χ2v) is 5.00. The molecule has 4 nitrogen and oxygen atoms in total. The maximum Gasteiger partial charge on any atom is 0.217 e. The molecule has 0 saturated carbocycles. The molecule has 72 valence electrons. The molecular weight excluding hydrogens is 178 g/mol. The van der Waals surface area contributed by atoms with Crippen molar-refractivity contribution >= 4 is 10.0 Å².